The first-order chi connectivity index (χ1) is 13.7. The van der Waals surface area contributed by atoms with Crippen molar-refractivity contribution in [2.24, 2.45) is 0 Å². The van der Waals surface area contributed by atoms with Crippen molar-refractivity contribution in [3.05, 3.63) is 95.3 Å². The van der Waals surface area contributed by atoms with E-state index < -0.39 is 6.17 Å². The average Bonchev–Trinajstić information content (AvgIpc) is 2.74. The highest BCUT2D eigenvalue weighted by Crippen LogP contribution is 2.36. The van der Waals surface area contributed by atoms with Crippen LogP contribution < -0.4 is 10.2 Å². The van der Waals surface area contributed by atoms with E-state index >= 15 is 0 Å². The number of anilines is 2. The zero-order valence-corrected chi connectivity index (χ0v) is 15.5. The number of nitrogens with zero attached hydrogens (tertiary/aromatic N) is 3. The third-order valence-electron chi connectivity index (χ3n) is 4.78. The summed E-state index contributed by atoms with van der Waals surface area (Å²) >= 11 is 6.05. The molecule has 4 aromatic rings. The number of hydrogen-bond donors (Lipinski definition) is 1. The number of aromatic nitrogens is 2. The molecule has 0 aliphatic carbocycles. The maximum atomic E-state index is 13.4. The summed E-state index contributed by atoms with van der Waals surface area (Å²) < 4.78 is 0. The minimum atomic E-state index is -0.485. The lowest BCUT2D eigenvalue weighted by molar-refractivity contribution is 0.0974. The summed E-state index contributed by atoms with van der Waals surface area (Å²) in [4.78, 5) is 24.3. The molecule has 28 heavy (non-hydrogen) atoms. The van der Waals surface area contributed by atoms with Crippen molar-refractivity contribution in [1.82, 2.24) is 9.97 Å². The topological polar surface area (TPSA) is 58.1 Å². The van der Waals surface area contributed by atoms with E-state index in [0.29, 0.717) is 16.3 Å². The number of nitrogens with one attached hydrogen (secondary N) is 1. The number of carbonyl (C=O) groups is 1. The van der Waals surface area contributed by atoms with E-state index in [2.05, 4.69) is 10.3 Å². The molecule has 1 aliphatic rings. The minimum absolute atomic E-state index is 0.100. The number of hydrogen-bond acceptors (Lipinski definition) is 4. The normalized spacial score (nSPS) is 16.0. The lowest BCUT2D eigenvalue weighted by Gasteiger charge is -2.37. The lowest BCUT2D eigenvalue weighted by atomic mass is 10.1. The molecule has 3 aromatic carbocycles. The molecule has 1 atom stereocenters. The van der Waals surface area contributed by atoms with Crippen molar-refractivity contribution < 1.29 is 4.79 Å². The van der Waals surface area contributed by atoms with Gasteiger partial charge in [0.15, 0.2) is 6.17 Å². The standard InChI is InChI=1S/C22H15ClN4O/c23-14-9-11-15(12-10-14)27-21(26-17-6-2-1-5-16(17)22(27)28)20-13-24-18-7-3-4-8-19(18)25-20/h1-13,21,26H/t21-/m1/s1. The molecule has 1 N–H and O–H groups in total. The van der Waals surface area contributed by atoms with Crippen LogP contribution in [-0.2, 0) is 0 Å². The minimum Gasteiger partial charge on any atom is -0.359 e. The van der Waals surface area contributed by atoms with Gasteiger partial charge in [0.2, 0.25) is 0 Å². The van der Waals surface area contributed by atoms with Crippen LogP contribution in [0.15, 0.2) is 79.0 Å². The van der Waals surface area contributed by atoms with Gasteiger partial charge in [0.25, 0.3) is 5.91 Å². The maximum absolute atomic E-state index is 13.4. The second-order valence-electron chi connectivity index (χ2n) is 6.53. The molecular weight excluding hydrogens is 372 g/mol. The Labute approximate surface area is 166 Å². The van der Waals surface area contributed by atoms with Gasteiger partial charge in [0.1, 0.15) is 5.69 Å². The highest BCUT2D eigenvalue weighted by atomic mass is 35.5. The molecule has 0 unspecified atom stereocenters. The second kappa shape index (κ2) is 6.62. The predicted molar refractivity (Wildman–Crippen MR) is 111 cm³/mol. The van der Waals surface area contributed by atoms with Crippen LogP contribution in [0.3, 0.4) is 0 Å². The maximum Gasteiger partial charge on any atom is 0.262 e. The first kappa shape index (κ1) is 16.7. The average molecular weight is 387 g/mol. The molecule has 1 aromatic heterocycles. The van der Waals surface area contributed by atoms with Crippen LogP contribution in [0.5, 0.6) is 0 Å². The Hall–Kier alpha value is -3.44. The van der Waals surface area contributed by atoms with Gasteiger partial charge in [-0.25, -0.2) is 4.98 Å². The molecule has 0 spiro atoms. The van der Waals surface area contributed by atoms with E-state index in [9.17, 15) is 4.79 Å². The highest BCUT2D eigenvalue weighted by Gasteiger charge is 2.35. The first-order valence-electron chi connectivity index (χ1n) is 8.87. The summed E-state index contributed by atoms with van der Waals surface area (Å²) in [6.07, 6.45) is 1.23. The SMILES string of the molecule is O=C1c2ccccc2N[C@@H](c2cnc3ccccc3n2)N1c1ccc(Cl)cc1. The molecule has 2 heterocycles. The van der Waals surface area contributed by atoms with Gasteiger partial charge < -0.3 is 5.32 Å². The Morgan fingerprint density at radius 2 is 1.61 bits per heavy atom. The van der Waals surface area contributed by atoms with Gasteiger partial charge in [-0.2, -0.15) is 0 Å². The van der Waals surface area contributed by atoms with Gasteiger partial charge in [-0.3, -0.25) is 14.7 Å². The molecule has 136 valence electrons. The van der Waals surface area contributed by atoms with E-state index in [-0.39, 0.29) is 5.91 Å². The fourth-order valence-corrected chi connectivity index (χ4v) is 3.56. The summed E-state index contributed by atoms with van der Waals surface area (Å²) in [5, 5.41) is 4.06. The van der Waals surface area contributed by atoms with Crippen LogP contribution in [-0.4, -0.2) is 15.9 Å². The monoisotopic (exact) mass is 386 g/mol. The molecule has 6 heteroatoms. The number of rotatable bonds is 2. The van der Waals surface area contributed by atoms with E-state index in [0.717, 1.165) is 22.4 Å². The van der Waals surface area contributed by atoms with E-state index in [1.54, 1.807) is 23.2 Å². The molecule has 0 saturated heterocycles. The van der Waals surface area contributed by atoms with Crippen molar-refractivity contribution in [3.8, 4) is 0 Å². The molecule has 1 aliphatic heterocycles. The lowest BCUT2D eigenvalue weighted by Crippen LogP contribution is -2.43. The third kappa shape index (κ3) is 2.77. The Kier molecular flexibility index (Phi) is 3.95. The molecule has 0 radical (unpaired) electrons. The summed E-state index contributed by atoms with van der Waals surface area (Å²) in [5.74, 6) is -0.100. The van der Waals surface area contributed by atoms with Crippen LogP contribution in [0.2, 0.25) is 5.02 Å². The van der Waals surface area contributed by atoms with Gasteiger partial charge in [-0.05, 0) is 48.5 Å². The smallest absolute Gasteiger partial charge is 0.262 e. The van der Waals surface area contributed by atoms with Gasteiger partial charge >= 0.3 is 0 Å². The summed E-state index contributed by atoms with van der Waals surface area (Å²) in [6.45, 7) is 0. The third-order valence-corrected chi connectivity index (χ3v) is 5.03. The van der Waals surface area contributed by atoms with E-state index in [1.807, 2.05) is 60.7 Å². The molecule has 5 rings (SSSR count). The molecule has 0 fully saturated rings. The summed E-state index contributed by atoms with van der Waals surface area (Å²) in [5.41, 5.74) is 4.38. The number of fused-ring (bicyclic) bond motifs is 2. The van der Waals surface area contributed by atoms with E-state index in [4.69, 9.17) is 16.6 Å². The van der Waals surface area contributed by atoms with Crippen molar-refractivity contribution in [2.75, 3.05) is 10.2 Å². The fourth-order valence-electron chi connectivity index (χ4n) is 3.43. The fraction of sp³-hybridized carbons (Fsp3) is 0.0455. The highest BCUT2D eigenvalue weighted by molar-refractivity contribution is 6.30. The predicted octanol–water partition coefficient (Wildman–Crippen LogP) is 5.05. The Morgan fingerprint density at radius 3 is 2.43 bits per heavy atom. The van der Waals surface area contributed by atoms with Gasteiger partial charge in [0.05, 0.1) is 22.8 Å². The van der Waals surface area contributed by atoms with Crippen molar-refractivity contribution >= 4 is 39.9 Å². The number of halogens is 1. The van der Waals surface area contributed by atoms with Crippen LogP contribution in [0.25, 0.3) is 11.0 Å². The van der Waals surface area contributed by atoms with Crippen LogP contribution in [0.4, 0.5) is 11.4 Å². The molecule has 1 amide bonds. The van der Waals surface area contributed by atoms with Gasteiger partial charge in [-0.1, -0.05) is 35.9 Å². The Balaban J connectivity index is 1.67. The van der Waals surface area contributed by atoms with Crippen molar-refractivity contribution in [3.63, 3.8) is 0 Å². The van der Waals surface area contributed by atoms with Gasteiger partial charge in [-0.15, -0.1) is 0 Å². The zero-order valence-electron chi connectivity index (χ0n) is 14.7. The molecular formula is C22H15ClN4O. The molecule has 5 nitrogen and oxygen atoms in total. The number of carbonyl (C=O) groups excluding carboxylic acids is 1. The summed E-state index contributed by atoms with van der Waals surface area (Å²) in [7, 11) is 0. The molecule has 0 saturated carbocycles. The van der Waals surface area contributed by atoms with Crippen molar-refractivity contribution in [2.45, 2.75) is 6.17 Å². The quantitative estimate of drug-likeness (QED) is 0.523. The number of amides is 1. The van der Waals surface area contributed by atoms with Crippen LogP contribution in [0.1, 0.15) is 22.2 Å². The van der Waals surface area contributed by atoms with Crippen LogP contribution in [0, 0.1) is 0 Å². The van der Waals surface area contributed by atoms with Crippen LogP contribution >= 0.6 is 11.6 Å². The summed E-state index contributed by atoms with van der Waals surface area (Å²) in [6, 6.07) is 22.4. The Bertz CT molecular complexity index is 1190. The zero-order chi connectivity index (χ0) is 19.1. The van der Waals surface area contributed by atoms with Gasteiger partial charge in [0, 0.05) is 16.4 Å². The molecule has 0 bridgehead atoms. The largest absolute Gasteiger partial charge is 0.359 e. The number of benzene rings is 3. The second-order valence-corrected chi connectivity index (χ2v) is 6.96. The number of para-hydroxylation sites is 3. The Morgan fingerprint density at radius 1 is 0.893 bits per heavy atom. The van der Waals surface area contributed by atoms with E-state index in [1.165, 1.54) is 0 Å². The first-order valence-corrected chi connectivity index (χ1v) is 9.25. The van der Waals surface area contributed by atoms with Crippen molar-refractivity contribution in [1.29, 1.82) is 0 Å².